The Morgan fingerprint density at radius 2 is 0.738 bits per heavy atom. The average molecular weight is 1050 g/mol. The first kappa shape index (κ1) is 51.4. The van der Waals surface area contributed by atoms with Gasteiger partial charge in [-0.05, 0) is 145 Å². The van der Waals surface area contributed by atoms with Crippen molar-refractivity contribution >= 4 is 116 Å². The summed E-state index contributed by atoms with van der Waals surface area (Å²) in [5.74, 6) is 0. The van der Waals surface area contributed by atoms with Crippen LogP contribution in [0.4, 0.5) is 34.1 Å². The Balaban J connectivity index is 1.06. The summed E-state index contributed by atoms with van der Waals surface area (Å²) in [5.41, 5.74) is 18.7. The monoisotopic (exact) mass is 1050 g/mol. The molecule has 0 aliphatic carbocycles. The van der Waals surface area contributed by atoms with Crippen LogP contribution in [0.3, 0.4) is 0 Å². The molecular formula is C76H75N3O. The van der Waals surface area contributed by atoms with Crippen LogP contribution in [0.15, 0.2) is 186 Å². The second-order valence-corrected chi connectivity index (χ2v) is 28.0. The smallest absolute Gasteiger partial charge is 0.138 e. The van der Waals surface area contributed by atoms with Crippen molar-refractivity contribution in [1.29, 1.82) is 0 Å². The topological polar surface area (TPSA) is 24.0 Å². The fourth-order valence-electron chi connectivity index (χ4n) is 12.6. The molecule has 0 aliphatic rings. The zero-order valence-corrected chi connectivity index (χ0v) is 49.6. The fraction of sp³-hybridized carbons (Fsp3) is 0.263. The van der Waals surface area contributed by atoms with Gasteiger partial charge in [0.05, 0.1) is 27.9 Å². The summed E-state index contributed by atoms with van der Waals surface area (Å²) in [6, 6.07) is 69.3. The van der Waals surface area contributed by atoms with Crippen LogP contribution in [0.5, 0.6) is 0 Å². The van der Waals surface area contributed by atoms with E-state index in [4.69, 9.17) is 4.42 Å². The van der Waals surface area contributed by atoms with Crippen molar-refractivity contribution < 1.29 is 4.42 Å². The molecule has 3 aromatic heterocycles. The van der Waals surface area contributed by atoms with Gasteiger partial charge in [-0.15, -0.1) is 0 Å². The number of nitrogens with zero attached hydrogens (tertiary/aromatic N) is 3. The molecule has 0 aliphatic heterocycles. The van der Waals surface area contributed by atoms with E-state index in [9.17, 15) is 0 Å². The van der Waals surface area contributed by atoms with Crippen molar-refractivity contribution in [2.24, 2.45) is 0 Å². The van der Waals surface area contributed by atoms with Gasteiger partial charge >= 0.3 is 0 Å². The SMILES string of the molecule is CC(C)(C)c1ccc(N(c2ccc(C(C)(C)C)cc2)c2cc3oc4cc5c(ccc6c7ccc(N(c8ccc(C(C)(C)C)cc8)c8ccc(C(C)(C)C)cc8)c8c9cc(C(C)(C)C)ccc9n(c56)c78)cc4c3c3ccccc23)cc1. The van der Waals surface area contributed by atoms with E-state index in [1.807, 2.05) is 0 Å². The van der Waals surface area contributed by atoms with Crippen LogP contribution in [-0.4, -0.2) is 4.40 Å². The second-order valence-electron chi connectivity index (χ2n) is 28.0. The molecule has 80 heavy (non-hydrogen) atoms. The summed E-state index contributed by atoms with van der Waals surface area (Å²) in [6.45, 7) is 34.4. The van der Waals surface area contributed by atoms with Gasteiger partial charge in [0.25, 0.3) is 0 Å². The minimum absolute atomic E-state index is 0.0291. The maximum absolute atomic E-state index is 7.26. The van der Waals surface area contributed by atoms with E-state index in [1.165, 1.54) is 87.5 Å². The quantitative estimate of drug-likeness (QED) is 0.166. The lowest BCUT2D eigenvalue weighted by Gasteiger charge is -2.29. The van der Waals surface area contributed by atoms with Gasteiger partial charge in [0.15, 0.2) is 0 Å². The molecule has 400 valence electrons. The second kappa shape index (κ2) is 17.7. The molecule has 4 heteroatoms. The standard InChI is InChI=1S/C76H75N3O/c1-72(2,3)47-21-30-52(31-22-47)77(53-32-23-48(24-33-53)73(4,5)6)64-41-39-59-58-38-20-46-42-62-66(44-60(46)70(58)79-63-40-29-51(76(13,14)15)43-61(63)69(64)71(59)79)80-67-45-65(56-18-16-17-19-57(56)68(62)67)78(54-34-25-49(26-35-54)74(7,8)9)55-36-27-50(28-37-55)75(10,11)12/h16-45H,1-15H3. The van der Waals surface area contributed by atoms with Gasteiger partial charge in [-0.3, -0.25) is 0 Å². The molecule has 0 unspecified atom stereocenters. The number of hydrogen-bond acceptors (Lipinski definition) is 3. The fourth-order valence-corrected chi connectivity index (χ4v) is 12.6. The highest BCUT2D eigenvalue weighted by Crippen LogP contribution is 2.51. The van der Waals surface area contributed by atoms with Crippen LogP contribution in [0.25, 0.3) is 81.6 Å². The largest absolute Gasteiger partial charge is 0.456 e. The van der Waals surface area contributed by atoms with Crippen LogP contribution in [0, 0.1) is 0 Å². The van der Waals surface area contributed by atoms with Crippen LogP contribution >= 0.6 is 0 Å². The van der Waals surface area contributed by atoms with Crippen LogP contribution in [0.1, 0.15) is 132 Å². The number of furan rings is 1. The predicted octanol–water partition coefficient (Wildman–Crippen LogP) is 22.5. The third-order valence-electron chi connectivity index (χ3n) is 17.3. The number of rotatable bonds is 6. The van der Waals surface area contributed by atoms with Crippen molar-refractivity contribution in [3.8, 4) is 0 Å². The number of anilines is 6. The minimum atomic E-state index is -0.0535. The lowest BCUT2D eigenvalue weighted by atomic mass is 9.86. The molecule has 0 radical (unpaired) electrons. The highest BCUT2D eigenvalue weighted by Gasteiger charge is 2.29. The van der Waals surface area contributed by atoms with Crippen LogP contribution < -0.4 is 9.80 Å². The summed E-state index contributed by atoms with van der Waals surface area (Å²) >= 11 is 0. The maximum Gasteiger partial charge on any atom is 0.138 e. The first-order valence-corrected chi connectivity index (χ1v) is 28.8. The number of aromatic nitrogens is 1. The van der Waals surface area contributed by atoms with Crippen molar-refractivity contribution in [3.05, 3.63) is 210 Å². The zero-order valence-electron chi connectivity index (χ0n) is 49.6. The molecule has 0 fully saturated rings. The summed E-state index contributed by atoms with van der Waals surface area (Å²) in [7, 11) is 0. The normalized spacial score (nSPS) is 13.2. The molecule has 3 heterocycles. The van der Waals surface area contributed by atoms with Gasteiger partial charge in [0.1, 0.15) is 11.2 Å². The Kier molecular flexibility index (Phi) is 11.4. The Morgan fingerprint density at radius 3 is 1.23 bits per heavy atom. The van der Waals surface area contributed by atoms with Gasteiger partial charge in [0, 0.05) is 71.9 Å². The Labute approximate surface area is 472 Å². The van der Waals surface area contributed by atoms with E-state index in [-0.39, 0.29) is 27.1 Å². The van der Waals surface area contributed by atoms with E-state index in [2.05, 4.69) is 300 Å². The van der Waals surface area contributed by atoms with E-state index < -0.39 is 0 Å². The van der Waals surface area contributed by atoms with E-state index in [0.29, 0.717) is 0 Å². The molecule has 0 spiro atoms. The molecule has 0 amide bonds. The molecule has 0 atom stereocenters. The lowest BCUT2D eigenvalue weighted by Crippen LogP contribution is -2.14. The van der Waals surface area contributed by atoms with Crippen molar-refractivity contribution in [1.82, 2.24) is 4.40 Å². The third kappa shape index (κ3) is 8.31. The van der Waals surface area contributed by atoms with E-state index in [0.717, 1.165) is 56.1 Å². The predicted molar refractivity (Wildman–Crippen MR) is 346 cm³/mol. The van der Waals surface area contributed by atoms with Gasteiger partial charge in [-0.2, -0.15) is 0 Å². The third-order valence-corrected chi connectivity index (χ3v) is 17.3. The van der Waals surface area contributed by atoms with Crippen LogP contribution in [0.2, 0.25) is 0 Å². The molecule has 4 nitrogen and oxygen atoms in total. The molecular weight excluding hydrogens is 971 g/mol. The van der Waals surface area contributed by atoms with E-state index in [1.54, 1.807) is 0 Å². The van der Waals surface area contributed by atoms with Gasteiger partial charge < -0.3 is 18.6 Å². The first-order valence-electron chi connectivity index (χ1n) is 28.8. The van der Waals surface area contributed by atoms with Crippen molar-refractivity contribution in [3.63, 3.8) is 0 Å². The number of hydrogen-bond donors (Lipinski definition) is 0. The first-order chi connectivity index (χ1) is 37.8. The lowest BCUT2D eigenvalue weighted by molar-refractivity contribution is 0.590. The molecule has 10 aromatic carbocycles. The average Bonchev–Trinajstić information content (AvgIpc) is 2.19. The summed E-state index contributed by atoms with van der Waals surface area (Å²) in [4.78, 5) is 4.91. The summed E-state index contributed by atoms with van der Waals surface area (Å²) in [6.07, 6.45) is 0. The molecule has 13 aromatic rings. The number of benzene rings is 10. The number of fused-ring (bicyclic) bond motifs is 13. The summed E-state index contributed by atoms with van der Waals surface area (Å²) in [5, 5.41) is 11.9. The van der Waals surface area contributed by atoms with Crippen molar-refractivity contribution in [2.75, 3.05) is 9.80 Å². The highest BCUT2D eigenvalue weighted by atomic mass is 16.3. The molecule has 0 saturated carbocycles. The molecule has 0 saturated heterocycles. The Morgan fingerprint density at radius 1 is 0.300 bits per heavy atom. The van der Waals surface area contributed by atoms with Crippen LogP contribution in [-0.2, 0) is 27.1 Å². The Hall–Kier alpha value is -8.08. The van der Waals surface area contributed by atoms with Crippen molar-refractivity contribution in [2.45, 2.75) is 131 Å². The maximum atomic E-state index is 7.26. The van der Waals surface area contributed by atoms with Gasteiger partial charge in [0.2, 0.25) is 0 Å². The molecule has 0 bridgehead atoms. The Bertz CT molecular complexity index is 4440. The van der Waals surface area contributed by atoms with E-state index >= 15 is 0 Å². The zero-order chi connectivity index (χ0) is 56.2. The highest BCUT2D eigenvalue weighted by molar-refractivity contribution is 6.32. The molecule has 13 rings (SSSR count). The molecule has 0 N–H and O–H groups in total. The van der Waals surface area contributed by atoms with Gasteiger partial charge in [-0.1, -0.05) is 201 Å². The minimum Gasteiger partial charge on any atom is -0.456 e. The van der Waals surface area contributed by atoms with Gasteiger partial charge in [-0.25, -0.2) is 0 Å². The summed E-state index contributed by atoms with van der Waals surface area (Å²) < 4.78 is 9.83.